The Morgan fingerprint density at radius 2 is 1.90 bits per heavy atom. The molecule has 1 aromatic carbocycles. The summed E-state index contributed by atoms with van der Waals surface area (Å²) >= 11 is 0. The van der Waals surface area contributed by atoms with E-state index < -0.39 is 0 Å². The standard InChI is InChI=1S/C17H16FN3/c18-14-6-3-9-21-16(19)15(20-17(14)21)13-8-7-11-4-1-2-5-12(11)10-13/h3,6-10H,1-2,4-5,19H2. The lowest BCUT2D eigenvalue weighted by atomic mass is 9.90. The fraction of sp³-hybridized carbons (Fsp3) is 0.235. The van der Waals surface area contributed by atoms with E-state index in [-0.39, 0.29) is 11.5 Å². The van der Waals surface area contributed by atoms with Gasteiger partial charge in [0.2, 0.25) is 0 Å². The van der Waals surface area contributed by atoms with E-state index in [4.69, 9.17) is 5.73 Å². The number of hydrogen-bond donors (Lipinski definition) is 1. The highest BCUT2D eigenvalue weighted by Crippen LogP contribution is 2.31. The lowest BCUT2D eigenvalue weighted by molar-refractivity contribution is 0.630. The molecule has 1 aliphatic rings. The quantitative estimate of drug-likeness (QED) is 0.740. The molecule has 1 aliphatic carbocycles. The molecule has 2 heterocycles. The molecule has 2 aromatic heterocycles. The van der Waals surface area contributed by atoms with Gasteiger partial charge in [0.15, 0.2) is 11.5 Å². The number of nitrogen functional groups attached to an aromatic ring is 1. The molecule has 0 amide bonds. The first-order valence-electron chi connectivity index (χ1n) is 7.28. The Labute approximate surface area is 122 Å². The van der Waals surface area contributed by atoms with Crippen LogP contribution < -0.4 is 5.73 Å². The maximum atomic E-state index is 13.8. The van der Waals surface area contributed by atoms with Crippen LogP contribution in [0.1, 0.15) is 24.0 Å². The van der Waals surface area contributed by atoms with Crippen molar-refractivity contribution in [3.8, 4) is 11.3 Å². The second kappa shape index (κ2) is 4.58. The highest BCUT2D eigenvalue weighted by atomic mass is 19.1. The summed E-state index contributed by atoms with van der Waals surface area (Å²) in [6, 6.07) is 9.39. The summed E-state index contributed by atoms with van der Waals surface area (Å²) in [6.45, 7) is 0. The number of aromatic nitrogens is 2. The number of benzene rings is 1. The fourth-order valence-corrected chi connectivity index (χ4v) is 3.15. The topological polar surface area (TPSA) is 43.3 Å². The molecule has 2 N–H and O–H groups in total. The molecular formula is C17H16FN3. The van der Waals surface area contributed by atoms with Crippen LogP contribution in [0, 0.1) is 5.82 Å². The monoisotopic (exact) mass is 281 g/mol. The van der Waals surface area contributed by atoms with Gasteiger partial charge in [-0.1, -0.05) is 12.1 Å². The average molecular weight is 281 g/mol. The van der Waals surface area contributed by atoms with Crippen LogP contribution in [0.3, 0.4) is 0 Å². The normalized spacial score (nSPS) is 14.3. The van der Waals surface area contributed by atoms with Gasteiger partial charge in [0, 0.05) is 11.8 Å². The van der Waals surface area contributed by atoms with Crippen molar-refractivity contribution >= 4 is 11.5 Å². The van der Waals surface area contributed by atoms with Gasteiger partial charge in [0.05, 0.1) is 0 Å². The Morgan fingerprint density at radius 1 is 1.10 bits per heavy atom. The number of nitrogens with two attached hydrogens (primary N) is 1. The minimum Gasteiger partial charge on any atom is -0.383 e. The summed E-state index contributed by atoms with van der Waals surface area (Å²) in [7, 11) is 0. The Bertz CT molecular complexity index is 835. The van der Waals surface area contributed by atoms with Gasteiger partial charge in [-0.25, -0.2) is 9.37 Å². The summed E-state index contributed by atoms with van der Waals surface area (Å²) in [5.41, 5.74) is 10.8. The van der Waals surface area contributed by atoms with Crippen molar-refractivity contribution in [1.29, 1.82) is 0 Å². The lowest BCUT2D eigenvalue weighted by Crippen LogP contribution is -2.02. The molecule has 0 aliphatic heterocycles. The van der Waals surface area contributed by atoms with Gasteiger partial charge in [-0.2, -0.15) is 0 Å². The van der Waals surface area contributed by atoms with Crippen molar-refractivity contribution < 1.29 is 4.39 Å². The van der Waals surface area contributed by atoms with Gasteiger partial charge in [-0.15, -0.1) is 0 Å². The molecule has 0 saturated carbocycles. The molecule has 0 saturated heterocycles. The molecule has 0 unspecified atom stereocenters. The maximum Gasteiger partial charge on any atom is 0.175 e. The molecule has 21 heavy (non-hydrogen) atoms. The summed E-state index contributed by atoms with van der Waals surface area (Å²) in [6.07, 6.45) is 6.47. The van der Waals surface area contributed by atoms with Crippen molar-refractivity contribution in [2.75, 3.05) is 5.73 Å². The fourth-order valence-electron chi connectivity index (χ4n) is 3.15. The smallest absolute Gasteiger partial charge is 0.175 e. The van der Waals surface area contributed by atoms with Crippen LogP contribution in [0.2, 0.25) is 0 Å². The Hall–Kier alpha value is -2.36. The number of anilines is 1. The highest BCUT2D eigenvalue weighted by Gasteiger charge is 2.16. The van der Waals surface area contributed by atoms with Crippen LogP contribution >= 0.6 is 0 Å². The zero-order chi connectivity index (χ0) is 14.4. The Morgan fingerprint density at radius 3 is 2.71 bits per heavy atom. The summed E-state index contributed by atoms with van der Waals surface area (Å²) in [5, 5.41) is 0. The molecule has 0 bridgehead atoms. The molecule has 0 atom stereocenters. The van der Waals surface area contributed by atoms with Crippen LogP contribution in [0.5, 0.6) is 0 Å². The summed E-state index contributed by atoms with van der Waals surface area (Å²) in [4.78, 5) is 4.39. The van der Waals surface area contributed by atoms with E-state index >= 15 is 0 Å². The van der Waals surface area contributed by atoms with Crippen LogP contribution in [-0.4, -0.2) is 9.38 Å². The third-order valence-electron chi connectivity index (χ3n) is 4.26. The number of hydrogen-bond acceptors (Lipinski definition) is 2. The second-order valence-corrected chi connectivity index (χ2v) is 5.59. The Kier molecular flexibility index (Phi) is 2.70. The molecule has 3 nitrogen and oxygen atoms in total. The van der Waals surface area contributed by atoms with E-state index in [2.05, 4.69) is 17.1 Å². The molecule has 106 valence electrons. The van der Waals surface area contributed by atoms with E-state index in [0.29, 0.717) is 11.5 Å². The van der Waals surface area contributed by atoms with Crippen molar-refractivity contribution in [1.82, 2.24) is 9.38 Å². The third-order valence-corrected chi connectivity index (χ3v) is 4.26. The number of pyridine rings is 1. The summed E-state index contributed by atoms with van der Waals surface area (Å²) < 4.78 is 15.4. The predicted molar refractivity (Wildman–Crippen MR) is 81.6 cm³/mol. The largest absolute Gasteiger partial charge is 0.383 e. The van der Waals surface area contributed by atoms with E-state index in [9.17, 15) is 4.39 Å². The first-order chi connectivity index (χ1) is 10.2. The highest BCUT2D eigenvalue weighted by molar-refractivity contribution is 5.75. The van der Waals surface area contributed by atoms with Crippen molar-refractivity contribution in [2.24, 2.45) is 0 Å². The number of rotatable bonds is 1. The number of nitrogens with zero attached hydrogens (tertiary/aromatic N) is 2. The van der Waals surface area contributed by atoms with E-state index in [1.165, 1.54) is 30.0 Å². The van der Waals surface area contributed by atoms with Crippen molar-refractivity contribution in [2.45, 2.75) is 25.7 Å². The van der Waals surface area contributed by atoms with Gasteiger partial charge in [0.25, 0.3) is 0 Å². The van der Waals surface area contributed by atoms with Gasteiger partial charge in [0.1, 0.15) is 11.5 Å². The molecule has 3 aromatic rings. The van der Waals surface area contributed by atoms with Gasteiger partial charge < -0.3 is 5.73 Å². The minimum absolute atomic E-state index is 0.280. The van der Waals surface area contributed by atoms with Crippen molar-refractivity contribution in [3.05, 3.63) is 53.5 Å². The SMILES string of the molecule is Nc1c(-c2ccc3c(c2)CCCC3)nc2c(F)cccn12. The van der Waals surface area contributed by atoms with Crippen LogP contribution in [0.4, 0.5) is 10.2 Å². The third kappa shape index (κ3) is 1.90. The first-order valence-corrected chi connectivity index (χ1v) is 7.28. The minimum atomic E-state index is -0.353. The maximum absolute atomic E-state index is 13.8. The van der Waals surface area contributed by atoms with Crippen LogP contribution in [-0.2, 0) is 12.8 Å². The molecule has 4 rings (SSSR count). The first kappa shape index (κ1) is 12.4. The molecule has 0 radical (unpaired) electrons. The van der Waals surface area contributed by atoms with E-state index in [1.54, 1.807) is 16.7 Å². The average Bonchev–Trinajstić information content (AvgIpc) is 2.86. The van der Waals surface area contributed by atoms with E-state index in [0.717, 1.165) is 18.4 Å². The zero-order valence-electron chi connectivity index (χ0n) is 11.6. The van der Waals surface area contributed by atoms with Gasteiger partial charge in [-0.05, 0) is 55.0 Å². The van der Waals surface area contributed by atoms with Gasteiger partial charge >= 0.3 is 0 Å². The number of imidazole rings is 1. The molecule has 0 spiro atoms. The summed E-state index contributed by atoms with van der Waals surface area (Å²) in [5.74, 6) is 0.133. The number of aryl methyl sites for hydroxylation is 2. The van der Waals surface area contributed by atoms with Gasteiger partial charge in [-0.3, -0.25) is 4.40 Å². The zero-order valence-corrected chi connectivity index (χ0v) is 11.6. The second-order valence-electron chi connectivity index (χ2n) is 5.59. The molecular weight excluding hydrogens is 265 g/mol. The van der Waals surface area contributed by atoms with Crippen LogP contribution in [0.15, 0.2) is 36.5 Å². The number of halogens is 1. The lowest BCUT2D eigenvalue weighted by Gasteiger charge is -2.16. The van der Waals surface area contributed by atoms with Crippen LogP contribution in [0.25, 0.3) is 16.9 Å². The Balaban J connectivity index is 1.90. The predicted octanol–water partition coefficient (Wildman–Crippen LogP) is 3.60. The van der Waals surface area contributed by atoms with Crippen molar-refractivity contribution in [3.63, 3.8) is 0 Å². The number of fused-ring (bicyclic) bond motifs is 2. The van der Waals surface area contributed by atoms with E-state index in [1.807, 2.05) is 6.07 Å². The molecule has 0 fully saturated rings. The molecule has 4 heteroatoms.